The van der Waals surface area contributed by atoms with Gasteiger partial charge in [-0.1, -0.05) is 102 Å². The largest absolute Gasteiger partial charge is 0.352 e. The van der Waals surface area contributed by atoms with Gasteiger partial charge in [-0.2, -0.15) is 0 Å². The Hall–Kier alpha value is -4.02. The highest BCUT2D eigenvalue weighted by Crippen LogP contribution is 2.28. The van der Waals surface area contributed by atoms with E-state index in [1.807, 2.05) is 54.6 Å². The first-order valence-electron chi connectivity index (χ1n) is 14.9. The first kappa shape index (κ1) is 32.4. The van der Waals surface area contributed by atoms with Crippen LogP contribution in [0.25, 0.3) is 0 Å². The van der Waals surface area contributed by atoms with Gasteiger partial charge in [-0.25, -0.2) is 12.8 Å². The number of anilines is 1. The van der Waals surface area contributed by atoms with Crippen molar-refractivity contribution in [2.75, 3.05) is 10.8 Å². The molecule has 0 heterocycles. The molecule has 1 saturated carbocycles. The predicted octanol–water partition coefficient (Wildman–Crippen LogP) is 6.48. The molecule has 1 aliphatic rings. The summed E-state index contributed by atoms with van der Waals surface area (Å²) < 4.78 is 44.8. The number of carbonyl (C=O) groups excluding carboxylic acids is 2. The van der Waals surface area contributed by atoms with Crippen LogP contribution in [0, 0.1) is 5.82 Å². The van der Waals surface area contributed by atoms with Crippen molar-refractivity contribution >= 4 is 43.5 Å². The lowest BCUT2D eigenvalue weighted by Gasteiger charge is -2.34. The second-order valence-electron chi connectivity index (χ2n) is 11.1. The lowest BCUT2D eigenvalue weighted by molar-refractivity contribution is -0.140. The smallest absolute Gasteiger partial charge is 0.264 e. The van der Waals surface area contributed by atoms with Crippen LogP contribution in [0.5, 0.6) is 0 Å². The van der Waals surface area contributed by atoms with Gasteiger partial charge >= 0.3 is 0 Å². The van der Waals surface area contributed by atoms with E-state index in [9.17, 15) is 18.0 Å². The number of hydrogen-bond acceptors (Lipinski definition) is 4. The van der Waals surface area contributed by atoms with E-state index in [2.05, 4.69) is 21.2 Å². The molecule has 10 heteroatoms. The Kier molecular flexibility index (Phi) is 10.7. The molecule has 4 aromatic rings. The third kappa shape index (κ3) is 8.18. The molecule has 1 aliphatic carbocycles. The molecule has 0 saturated heterocycles. The number of rotatable bonds is 12. The van der Waals surface area contributed by atoms with Crippen molar-refractivity contribution in [3.05, 3.63) is 131 Å². The summed E-state index contributed by atoms with van der Waals surface area (Å²) in [5.74, 6) is -1.74. The van der Waals surface area contributed by atoms with Crippen LogP contribution in [0.2, 0.25) is 0 Å². The summed E-state index contributed by atoms with van der Waals surface area (Å²) >= 11 is 3.49. The maximum absolute atomic E-state index is 15.2. The molecular weight excluding hydrogens is 657 g/mol. The Morgan fingerprint density at radius 2 is 1.47 bits per heavy atom. The highest BCUT2D eigenvalue weighted by Gasteiger charge is 2.36. The number of carbonyl (C=O) groups is 2. The van der Waals surface area contributed by atoms with Crippen LogP contribution >= 0.6 is 15.9 Å². The molecule has 1 unspecified atom stereocenters. The van der Waals surface area contributed by atoms with E-state index in [4.69, 9.17) is 0 Å². The van der Waals surface area contributed by atoms with E-state index in [1.165, 1.54) is 35.2 Å². The predicted molar refractivity (Wildman–Crippen MR) is 176 cm³/mol. The molecule has 2 amide bonds. The minimum Gasteiger partial charge on any atom is -0.352 e. The van der Waals surface area contributed by atoms with Crippen molar-refractivity contribution in [2.24, 2.45) is 0 Å². The minimum atomic E-state index is -4.37. The third-order valence-electron chi connectivity index (χ3n) is 7.95. The normalized spacial score (nSPS) is 14.1. The Bertz CT molecular complexity index is 1720. The molecule has 234 valence electrons. The zero-order chi connectivity index (χ0) is 31.8. The summed E-state index contributed by atoms with van der Waals surface area (Å²) in [5.41, 5.74) is 1.33. The van der Waals surface area contributed by atoms with Crippen LogP contribution in [0.15, 0.2) is 119 Å². The van der Waals surface area contributed by atoms with Gasteiger partial charge in [0.1, 0.15) is 18.4 Å². The van der Waals surface area contributed by atoms with Crippen LogP contribution in [-0.2, 0) is 32.6 Å². The second-order valence-corrected chi connectivity index (χ2v) is 13.9. The molecule has 1 fully saturated rings. The number of nitrogens with one attached hydrogen (secondary N) is 1. The zero-order valence-corrected chi connectivity index (χ0v) is 27.1. The second kappa shape index (κ2) is 14.8. The van der Waals surface area contributed by atoms with Gasteiger partial charge < -0.3 is 10.2 Å². The van der Waals surface area contributed by atoms with Crippen LogP contribution in [0.1, 0.15) is 36.8 Å². The van der Waals surface area contributed by atoms with Crippen molar-refractivity contribution < 1.29 is 22.4 Å². The summed E-state index contributed by atoms with van der Waals surface area (Å²) in [6.07, 6.45) is 3.97. The zero-order valence-electron chi connectivity index (χ0n) is 24.7. The Balaban J connectivity index is 1.57. The van der Waals surface area contributed by atoms with Crippen LogP contribution < -0.4 is 9.62 Å². The van der Waals surface area contributed by atoms with E-state index < -0.39 is 34.3 Å². The quantitative estimate of drug-likeness (QED) is 0.184. The molecule has 45 heavy (non-hydrogen) atoms. The molecule has 0 aliphatic heterocycles. The summed E-state index contributed by atoms with van der Waals surface area (Å²) in [6.45, 7) is -0.682. The van der Waals surface area contributed by atoms with Gasteiger partial charge in [0.25, 0.3) is 10.0 Å². The summed E-state index contributed by atoms with van der Waals surface area (Å²) in [4.78, 5) is 29.9. The molecule has 0 spiro atoms. The van der Waals surface area contributed by atoms with Crippen molar-refractivity contribution in [3.8, 4) is 0 Å². The van der Waals surface area contributed by atoms with Crippen molar-refractivity contribution in [1.29, 1.82) is 0 Å². The fourth-order valence-corrected chi connectivity index (χ4v) is 7.53. The average molecular weight is 693 g/mol. The number of benzene rings is 4. The SMILES string of the molecule is O=C(NC1CCCC1)C(Cc1ccccc1)N(Cc1cccc(Br)c1)C(=O)CN(c1ccccc1F)S(=O)(=O)c1ccccc1. The number of hydrogen-bond donors (Lipinski definition) is 1. The summed E-state index contributed by atoms with van der Waals surface area (Å²) in [7, 11) is -4.37. The standard InChI is InChI=1S/C35H35BrFN3O4S/c36-28-15-11-14-27(22-28)24-39(33(23-26-12-3-1-4-13-26)35(42)38-29-16-7-8-17-29)34(41)25-40(32-21-10-9-20-31(32)37)45(43,44)30-18-5-2-6-19-30/h1-6,9-15,18-22,29,33H,7-8,16-17,23-25H2,(H,38,42). The first-order chi connectivity index (χ1) is 21.7. The van der Waals surface area contributed by atoms with Crippen LogP contribution in [0.4, 0.5) is 10.1 Å². The van der Waals surface area contributed by atoms with E-state index >= 15 is 4.39 Å². The average Bonchev–Trinajstić information content (AvgIpc) is 3.56. The fourth-order valence-electron chi connectivity index (χ4n) is 5.64. The monoisotopic (exact) mass is 691 g/mol. The third-order valence-corrected chi connectivity index (χ3v) is 10.2. The molecule has 0 bridgehead atoms. The van der Waals surface area contributed by atoms with E-state index in [0.29, 0.717) is 0 Å². The van der Waals surface area contributed by atoms with Gasteiger partial charge in [0.05, 0.1) is 10.6 Å². The number of halogens is 2. The number of amides is 2. The number of para-hydroxylation sites is 1. The number of sulfonamides is 1. The van der Waals surface area contributed by atoms with Crippen molar-refractivity contribution in [3.63, 3.8) is 0 Å². The molecule has 7 nitrogen and oxygen atoms in total. The fraction of sp³-hybridized carbons (Fsp3) is 0.257. The Morgan fingerprint density at radius 1 is 0.844 bits per heavy atom. The van der Waals surface area contributed by atoms with Gasteiger partial charge in [0, 0.05) is 23.5 Å². The molecular formula is C35H35BrFN3O4S. The van der Waals surface area contributed by atoms with Crippen LogP contribution in [-0.4, -0.2) is 43.8 Å². The van der Waals surface area contributed by atoms with Crippen LogP contribution in [0.3, 0.4) is 0 Å². The maximum Gasteiger partial charge on any atom is 0.264 e. The van der Waals surface area contributed by atoms with E-state index in [0.717, 1.165) is 51.7 Å². The van der Waals surface area contributed by atoms with E-state index in [-0.39, 0.29) is 35.5 Å². The van der Waals surface area contributed by atoms with Gasteiger partial charge in [-0.15, -0.1) is 0 Å². The Labute approximate surface area is 272 Å². The van der Waals surface area contributed by atoms with Gasteiger partial charge in [0.15, 0.2) is 0 Å². The molecule has 1 atom stereocenters. The summed E-state index contributed by atoms with van der Waals surface area (Å²) in [5, 5.41) is 3.15. The van der Waals surface area contributed by atoms with Crippen molar-refractivity contribution in [1.82, 2.24) is 10.2 Å². The highest BCUT2D eigenvalue weighted by molar-refractivity contribution is 9.10. The van der Waals surface area contributed by atoms with E-state index in [1.54, 1.807) is 18.2 Å². The molecule has 4 aromatic carbocycles. The molecule has 0 radical (unpaired) electrons. The topological polar surface area (TPSA) is 86.8 Å². The summed E-state index contributed by atoms with van der Waals surface area (Å²) in [6, 6.07) is 28.9. The lowest BCUT2D eigenvalue weighted by atomic mass is 10.0. The lowest BCUT2D eigenvalue weighted by Crippen LogP contribution is -2.54. The van der Waals surface area contributed by atoms with Gasteiger partial charge in [-0.3, -0.25) is 13.9 Å². The van der Waals surface area contributed by atoms with Gasteiger partial charge in [0.2, 0.25) is 11.8 Å². The highest BCUT2D eigenvalue weighted by atomic mass is 79.9. The molecule has 5 rings (SSSR count). The number of nitrogens with zero attached hydrogens (tertiary/aromatic N) is 2. The molecule has 0 aromatic heterocycles. The van der Waals surface area contributed by atoms with Crippen molar-refractivity contribution in [2.45, 2.75) is 55.6 Å². The molecule has 1 N–H and O–H groups in total. The first-order valence-corrected chi connectivity index (χ1v) is 17.2. The minimum absolute atomic E-state index is 0.00645. The Morgan fingerprint density at radius 3 is 2.13 bits per heavy atom. The maximum atomic E-state index is 15.2. The van der Waals surface area contributed by atoms with Gasteiger partial charge in [-0.05, 0) is 60.4 Å².